The number of carbonyl (C=O) groups excluding carboxylic acids is 1. The molecule has 1 amide bonds. The van der Waals surface area contributed by atoms with E-state index in [1.54, 1.807) is 0 Å². The summed E-state index contributed by atoms with van der Waals surface area (Å²) in [5, 5.41) is 3.14. The van der Waals surface area contributed by atoms with E-state index in [-0.39, 0.29) is 17.6 Å². The number of ether oxygens (including phenoxy) is 1. The van der Waals surface area contributed by atoms with E-state index in [1.165, 1.54) is 31.2 Å². The SMILES string of the molecule is O=C(CCC1CCCC1)NCC1CCC2(CCN(Cc3ccccc3)CC2)O1. The molecule has 1 saturated carbocycles. The minimum absolute atomic E-state index is 0.0619. The van der Waals surface area contributed by atoms with Crippen LogP contribution >= 0.6 is 0 Å². The summed E-state index contributed by atoms with van der Waals surface area (Å²) in [5.74, 6) is 1.01. The zero-order valence-electron chi connectivity index (χ0n) is 17.2. The molecule has 1 N–H and O–H groups in total. The van der Waals surface area contributed by atoms with Gasteiger partial charge in [-0.25, -0.2) is 0 Å². The Labute approximate surface area is 170 Å². The van der Waals surface area contributed by atoms with Crippen LogP contribution in [0.5, 0.6) is 0 Å². The molecule has 0 aromatic heterocycles. The minimum Gasteiger partial charge on any atom is -0.370 e. The lowest BCUT2D eigenvalue weighted by molar-refractivity contribution is -0.123. The van der Waals surface area contributed by atoms with Crippen molar-refractivity contribution < 1.29 is 9.53 Å². The number of nitrogens with one attached hydrogen (secondary N) is 1. The van der Waals surface area contributed by atoms with Crippen molar-refractivity contribution in [3.05, 3.63) is 35.9 Å². The largest absolute Gasteiger partial charge is 0.370 e. The number of likely N-dealkylation sites (tertiary alicyclic amines) is 1. The molecule has 154 valence electrons. The fourth-order valence-corrected chi connectivity index (χ4v) is 5.32. The highest BCUT2D eigenvalue weighted by Gasteiger charge is 2.42. The summed E-state index contributed by atoms with van der Waals surface area (Å²) >= 11 is 0. The van der Waals surface area contributed by atoms with Crippen LogP contribution in [0.15, 0.2) is 30.3 Å². The van der Waals surface area contributed by atoms with E-state index in [9.17, 15) is 4.79 Å². The third-order valence-electron chi connectivity index (χ3n) is 7.14. The third-order valence-corrected chi connectivity index (χ3v) is 7.14. The average Bonchev–Trinajstić information content (AvgIpc) is 3.38. The van der Waals surface area contributed by atoms with Gasteiger partial charge in [0.15, 0.2) is 0 Å². The van der Waals surface area contributed by atoms with Crippen molar-refractivity contribution in [1.29, 1.82) is 0 Å². The van der Waals surface area contributed by atoms with E-state index >= 15 is 0 Å². The number of benzene rings is 1. The number of amides is 1. The van der Waals surface area contributed by atoms with Crippen LogP contribution in [0.2, 0.25) is 0 Å². The molecule has 2 saturated heterocycles. The van der Waals surface area contributed by atoms with Gasteiger partial charge in [0.25, 0.3) is 0 Å². The molecule has 1 atom stereocenters. The van der Waals surface area contributed by atoms with Crippen molar-refractivity contribution in [3.8, 4) is 0 Å². The molecule has 0 radical (unpaired) electrons. The van der Waals surface area contributed by atoms with Gasteiger partial charge in [-0.05, 0) is 43.6 Å². The van der Waals surface area contributed by atoms with Crippen LogP contribution in [-0.4, -0.2) is 42.1 Å². The number of carbonyl (C=O) groups is 1. The molecule has 3 fully saturated rings. The summed E-state index contributed by atoms with van der Waals surface area (Å²) in [6, 6.07) is 10.7. The van der Waals surface area contributed by atoms with Crippen molar-refractivity contribution in [3.63, 3.8) is 0 Å². The molecule has 4 heteroatoms. The molecule has 3 aliphatic rings. The lowest BCUT2D eigenvalue weighted by Crippen LogP contribution is -2.44. The fourth-order valence-electron chi connectivity index (χ4n) is 5.32. The lowest BCUT2D eigenvalue weighted by atomic mass is 9.88. The average molecular weight is 385 g/mol. The Balaban J connectivity index is 1.14. The standard InChI is InChI=1S/C24H36N2O2/c27-23(11-10-20-6-4-5-7-20)25-18-22-12-13-24(28-22)14-16-26(17-15-24)19-21-8-2-1-3-9-21/h1-3,8-9,20,22H,4-7,10-19H2,(H,25,27). The maximum Gasteiger partial charge on any atom is 0.220 e. The first kappa shape index (κ1) is 19.9. The van der Waals surface area contributed by atoms with Gasteiger partial charge in [-0.15, -0.1) is 0 Å². The van der Waals surface area contributed by atoms with Gasteiger partial charge in [0.1, 0.15) is 0 Å². The van der Waals surface area contributed by atoms with Crippen molar-refractivity contribution >= 4 is 5.91 Å². The smallest absolute Gasteiger partial charge is 0.220 e. The first-order valence-corrected chi connectivity index (χ1v) is 11.4. The molecular formula is C24H36N2O2. The predicted molar refractivity (Wildman–Crippen MR) is 112 cm³/mol. The number of nitrogens with zero attached hydrogens (tertiary/aromatic N) is 1. The van der Waals surface area contributed by atoms with Gasteiger partial charge < -0.3 is 10.1 Å². The molecule has 1 aromatic carbocycles. The van der Waals surface area contributed by atoms with E-state index < -0.39 is 0 Å². The zero-order valence-corrected chi connectivity index (χ0v) is 17.2. The number of hydrogen-bond acceptors (Lipinski definition) is 3. The molecule has 2 heterocycles. The number of hydrogen-bond donors (Lipinski definition) is 1. The second-order valence-corrected chi connectivity index (χ2v) is 9.22. The van der Waals surface area contributed by atoms with Gasteiger partial charge in [-0.2, -0.15) is 0 Å². The van der Waals surface area contributed by atoms with Crippen LogP contribution < -0.4 is 5.32 Å². The first-order valence-electron chi connectivity index (χ1n) is 11.4. The lowest BCUT2D eigenvalue weighted by Gasteiger charge is -2.39. The molecule has 1 aromatic rings. The summed E-state index contributed by atoms with van der Waals surface area (Å²) in [6.07, 6.45) is 11.8. The number of rotatable bonds is 7. The van der Waals surface area contributed by atoms with Gasteiger partial charge >= 0.3 is 0 Å². The molecule has 2 aliphatic heterocycles. The fraction of sp³-hybridized carbons (Fsp3) is 0.708. The van der Waals surface area contributed by atoms with Crippen molar-refractivity contribution in [2.75, 3.05) is 19.6 Å². The predicted octanol–water partition coefficient (Wildman–Crippen LogP) is 4.29. The van der Waals surface area contributed by atoms with Gasteiger partial charge in [-0.1, -0.05) is 56.0 Å². The molecule has 4 rings (SSSR count). The highest BCUT2D eigenvalue weighted by atomic mass is 16.5. The van der Waals surface area contributed by atoms with Crippen LogP contribution in [0, 0.1) is 5.92 Å². The Hall–Kier alpha value is -1.39. The van der Waals surface area contributed by atoms with Crippen LogP contribution in [0.25, 0.3) is 0 Å². The normalized spacial score (nSPS) is 25.4. The van der Waals surface area contributed by atoms with E-state index in [0.29, 0.717) is 13.0 Å². The van der Waals surface area contributed by atoms with Gasteiger partial charge in [0.2, 0.25) is 5.91 Å². The third kappa shape index (κ3) is 5.36. The summed E-state index contributed by atoms with van der Waals surface area (Å²) in [6.45, 7) is 3.95. The molecular weight excluding hydrogens is 348 g/mol. The Morgan fingerprint density at radius 3 is 2.57 bits per heavy atom. The summed E-state index contributed by atoms with van der Waals surface area (Å²) in [5.41, 5.74) is 1.45. The summed E-state index contributed by atoms with van der Waals surface area (Å²) in [4.78, 5) is 14.7. The Morgan fingerprint density at radius 1 is 1.07 bits per heavy atom. The molecule has 1 unspecified atom stereocenters. The zero-order chi connectivity index (χ0) is 19.2. The Bertz CT molecular complexity index is 619. The number of piperidine rings is 1. The second-order valence-electron chi connectivity index (χ2n) is 9.22. The Kier molecular flexibility index (Phi) is 6.69. The van der Waals surface area contributed by atoms with Crippen LogP contribution in [-0.2, 0) is 16.1 Å². The van der Waals surface area contributed by atoms with E-state index in [0.717, 1.165) is 57.7 Å². The first-order chi connectivity index (χ1) is 13.7. The topological polar surface area (TPSA) is 41.6 Å². The highest BCUT2D eigenvalue weighted by molar-refractivity contribution is 5.75. The van der Waals surface area contributed by atoms with Gasteiger partial charge in [-0.3, -0.25) is 9.69 Å². The summed E-state index contributed by atoms with van der Waals surface area (Å²) < 4.78 is 6.48. The highest BCUT2D eigenvalue weighted by Crippen LogP contribution is 2.39. The monoisotopic (exact) mass is 384 g/mol. The van der Waals surface area contributed by atoms with E-state index in [1.807, 2.05) is 0 Å². The van der Waals surface area contributed by atoms with Crippen LogP contribution in [0.1, 0.15) is 69.8 Å². The van der Waals surface area contributed by atoms with Gasteiger partial charge in [0.05, 0.1) is 11.7 Å². The van der Waals surface area contributed by atoms with Crippen molar-refractivity contribution in [2.45, 2.75) is 82.5 Å². The van der Waals surface area contributed by atoms with Crippen LogP contribution in [0.4, 0.5) is 0 Å². The maximum absolute atomic E-state index is 12.2. The maximum atomic E-state index is 12.2. The quantitative estimate of drug-likeness (QED) is 0.763. The molecule has 4 nitrogen and oxygen atoms in total. The van der Waals surface area contributed by atoms with E-state index in [4.69, 9.17) is 4.74 Å². The van der Waals surface area contributed by atoms with Gasteiger partial charge in [0, 0.05) is 32.6 Å². The summed E-state index contributed by atoms with van der Waals surface area (Å²) in [7, 11) is 0. The molecule has 0 bridgehead atoms. The Morgan fingerprint density at radius 2 is 1.82 bits per heavy atom. The van der Waals surface area contributed by atoms with Crippen molar-refractivity contribution in [2.24, 2.45) is 5.92 Å². The second kappa shape index (κ2) is 9.41. The molecule has 1 aliphatic carbocycles. The van der Waals surface area contributed by atoms with E-state index in [2.05, 4.69) is 40.5 Å². The molecule has 28 heavy (non-hydrogen) atoms. The van der Waals surface area contributed by atoms with Crippen LogP contribution in [0.3, 0.4) is 0 Å². The molecule has 1 spiro atoms. The van der Waals surface area contributed by atoms with Crippen molar-refractivity contribution in [1.82, 2.24) is 10.2 Å². The minimum atomic E-state index is 0.0619.